The lowest BCUT2D eigenvalue weighted by Crippen LogP contribution is -2.02. The van der Waals surface area contributed by atoms with Gasteiger partial charge < -0.3 is 10.5 Å². The van der Waals surface area contributed by atoms with Gasteiger partial charge in [0, 0.05) is 17.1 Å². The molecule has 0 spiro atoms. The molecule has 0 aromatic heterocycles. The van der Waals surface area contributed by atoms with E-state index in [0.717, 1.165) is 15.6 Å². The molecule has 6 heteroatoms. The van der Waals surface area contributed by atoms with Crippen molar-refractivity contribution in [3.05, 3.63) is 68.2 Å². The lowest BCUT2D eigenvalue weighted by atomic mass is 10.2. The van der Waals surface area contributed by atoms with E-state index < -0.39 is 4.92 Å². The summed E-state index contributed by atoms with van der Waals surface area (Å²) in [5, 5.41) is 11.0. The largest absolute Gasteiger partial charge is 0.482 e. The highest BCUT2D eigenvalue weighted by molar-refractivity contribution is 9.10. The lowest BCUT2D eigenvalue weighted by molar-refractivity contribution is -0.386. The molecular weight excluding hydrogens is 324 g/mol. The first-order chi connectivity index (χ1) is 9.60. The number of rotatable bonds is 5. The van der Waals surface area contributed by atoms with Crippen LogP contribution >= 0.6 is 15.9 Å². The number of hydrogen-bond acceptors (Lipinski definition) is 4. The van der Waals surface area contributed by atoms with Crippen LogP contribution in [0.3, 0.4) is 0 Å². The maximum atomic E-state index is 11.0. The van der Waals surface area contributed by atoms with E-state index in [2.05, 4.69) is 15.9 Å². The Kier molecular flexibility index (Phi) is 4.70. The van der Waals surface area contributed by atoms with Crippen LogP contribution in [0, 0.1) is 10.1 Å². The van der Waals surface area contributed by atoms with Crippen LogP contribution in [0.5, 0.6) is 5.75 Å². The van der Waals surface area contributed by atoms with Gasteiger partial charge in [-0.2, -0.15) is 0 Å². The third kappa shape index (κ3) is 3.55. The number of nitro benzene ring substituents is 1. The molecule has 104 valence electrons. The molecule has 0 radical (unpaired) electrons. The van der Waals surface area contributed by atoms with Crippen LogP contribution < -0.4 is 10.5 Å². The fourth-order valence-electron chi connectivity index (χ4n) is 1.69. The first-order valence-electron chi connectivity index (χ1n) is 5.95. The Hall–Kier alpha value is -1.92. The molecule has 0 heterocycles. The summed E-state index contributed by atoms with van der Waals surface area (Å²) < 4.78 is 6.52. The quantitative estimate of drug-likeness (QED) is 0.670. The average molecular weight is 337 g/mol. The Morgan fingerprint density at radius 3 is 2.40 bits per heavy atom. The fourth-order valence-corrected chi connectivity index (χ4v) is 1.96. The zero-order chi connectivity index (χ0) is 14.5. The van der Waals surface area contributed by atoms with Gasteiger partial charge in [0.1, 0.15) is 6.61 Å². The second-order valence-corrected chi connectivity index (χ2v) is 5.09. The summed E-state index contributed by atoms with van der Waals surface area (Å²) in [5.74, 6) is 0.237. The highest BCUT2D eigenvalue weighted by atomic mass is 79.9. The van der Waals surface area contributed by atoms with Gasteiger partial charge >= 0.3 is 5.69 Å². The van der Waals surface area contributed by atoms with Crippen molar-refractivity contribution >= 4 is 21.6 Å². The monoisotopic (exact) mass is 336 g/mol. The molecule has 0 aliphatic heterocycles. The highest BCUT2D eigenvalue weighted by Gasteiger charge is 2.15. The molecule has 0 amide bonds. The second-order valence-electron chi connectivity index (χ2n) is 4.18. The highest BCUT2D eigenvalue weighted by Crippen LogP contribution is 2.28. The van der Waals surface area contributed by atoms with Crippen molar-refractivity contribution in [3.8, 4) is 5.75 Å². The Labute approximate surface area is 124 Å². The Morgan fingerprint density at radius 1 is 1.15 bits per heavy atom. The second kappa shape index (κ2) is 6.49. The third-order valence-corrected chi connectivity index (χ3v) is 3.29. The molecule has 5 nitrogen and oxygen atoms in total. The fraction of sp³-hybridized carbons (Fsp3) is 0.143. The Bertz CT molecular complexity index is 614. The molecule has 0 atom stereocenters. The van der Waals surface area contributed by atoms with Crippen LogP contribution in [0.25, 0.3) is 0 Å². The van der Waals surface area contributed by atoms with Crippen molar-refractivity contribution in [2.24, 2.45) is 5.73 Å². The summed E-state index contributed by atoms with van der Waals surface area (Å²) in [5.41, 5.74) is 7.21. The van der Waals surface area contributed by atoms with E-state index in [0.29, 0.717) is 6.54 Å². The molecule has 2 aromatic carbocycles. The molecule has 2 N–H and O–H groups in total. The summed E-state index contributed by atoms with van der Waals surface area (Å²) in [4.78, 5) is 10.5. The zero-order valence-corrected chi connectivity index (χ0v) is 12.2. The minimum Gasteiger partial charge on any atom is -0.482 e. The molecule has 20 heavy (non-hydrogen) atoms. The molecule has 0 unspecified atom stereocenters. The van der Waals surface area contributed by atoms with E-state index in [1.807, 2.05) is 24.3 Å². The van der Waals surface area contributed by atoms with Crippen LogP contribution in [-0.2, 0) is 13.2 Å². The number of nitro groups is 1. The average Bonchev–Trinajstić information content (AvgIpc) is 2.46. The van der Waals surface area contributed by atoms with Crippen molar-refractivity contribution < 1.29 is 9.66 Å². The standard InChI is InChI=1S/C14H13BrN2O3/c15-12-4-1-10(2-5-12)9-20-14-7-11(8-16)3-6-13(14)17(18)19/h1-7H,8-9,16H2. The Morgan fingerprint density at radius 2 is 1.80 bits per heavy atom. The van der Waals surface area contributed by atoms with E-state index >= 15 is 0 Å². The number of nitrogens with two attached hydrogens (primary N) is 1. The van der Waals surface area contributed by atoms with Gasteiger partial charge in [-0.1, -0.05) is 34.1 Å². The molecule has 0 saturated carbocycles. The summed E-state index contributed by atoms with van der Waals surface area (Å²) in [6.07, 6.45) is 0. The number of nitrogens with zero attached hydrogens (tertiary/aromatic N) is 1. The lowest BCUT2D eigenvalue weighted by Gasteiger charge is -2.08. The summed E-state index contributed by atoms with van der Waals surface area (Å²) in [7, 11) is 0. The molecular formula is C14H13BrN2O3. The number of halogens is 1. The predicted octanol–water partition coefficient (Wildman–Crippen LogP) is 3.40. The van der Waals surface area contributed by atoms with Crippen molar-refractivity contribution in [1.82, 2.24) is 0 Å². The van der Waals surface area contributed by atoms with Crippen molar-refractivity contribution in [1.29, 1.82) is 0 Å². The maximum Gasteiger partial charge on any atom is 0.310 e. The number of ether oxygens (including phenoxy) is 1. The van der Waals surface area contributed by atoms with Crippen molar-refractivity contribution in [2.75, 3.05) is 0 Å². The maximum absolute atomic E-state index is 11.0. The predicted molar refractivity (Wildman–Crippen MR) is 79.5 cm³/mol. The van der Waals surface area contributed by atoms with Crippen LogP contribution in [0.4, 0.5) is 5.69 Å². The summed E-state index contributed by atoms with van der Waals surface area (Å²) in [6, 6.07) is 12.2. The molecule has 0 bridgehead atoms. The molecule has 0 fully saturated rings. The molecule has 2 rings (SSSR count). The minimum absolute atomic E-state index is 0.0562. The van der Waals surface area contributed by atoms with Crippen LogP contribution in [0.15, 0.2) is 46.9 Å². The van der Waals surface area contributed by atoms with E-state index in [1.54, 1.807) is 12.1 Å². The van der Waals surface area contributed by atoms with Gasteiger partial charge in [0.2, 0.25) is 0 Å². The smallest absolute Gasteiger partial charge is 0.310 e. The third-order valence-electron chi connectivity index (χ3n) is 2.76. The van der Waals surface area contributed by atoms with Gasteiger partial charge in [-0.15, -0.1) is 0 Å². The molecule has 0 saturated heterocycles. The van der Waals surface area contributed by atoms with Crippen LogP contribution in [0.2, 0.25) is 0 Å². The molecule has 0 aliphatic carbocycles. The van der Waals surface area contributed by atoms with Crippen molar-refractivity contribution in [2.45, 2.75) is 13.2 Å². The van der Waals surface area contributed by atoms with Gasteiger partial charge in [-0.05, 0) is 29.3 Å². The van der Waals surface area contributed by atoms with E-state index in [4.69, 9.17) is 10.5 Å². The Balaban J connectivity index is 2.18. The van der Waals surface area contributed by atoms with Crippen molar-refractivity contribution in [3.63, 3.8) is 0 Å². The molecule has 2 aromatic rings. The molecule has 0 aliphatic rings. The number of benzene rings is 2. The zero-order valence-electron chi connectivity index (χ0n) is 10.6. The summed E-state index contributed by atoms with van der Waals surface area (Å²) in [6.45, 7) is 0.578. The van der Waals surface area contributed by atoms with Gasteiger partial charge in [0.15, 0.2) is 5.75 Å². The number of hydrogen-bond donors (Lipinski definition) is 1. The van der Waals surface area contributed by atoms with Crippen LogP contribution in [-0.4, -0.2) is 4.92 Å². The van der Waals surface area contributed by atoms with Gasteiger partial charge in [-0.25, -0.2) is 0 Å². The van der Waals surface area contributed by atoms with Gasteiger partial charge in [0.05, 0.1) is 4.92 Å². The first-order valence-corrected chi connectivity index (χ1v) is 6.74. The minimum atomic E-state index is -0.461. The van der Waals surface area contributed by atoms with E-state index in [9.17, 15) is 10.1 Å². The SMILES string of the molecule is NCc1ccc([N+](=O)[O-])c(OCc2ccc(Br)cc2)c1. The van der Waals surface area contributed by atoms with E-state index in [1.165, 1.54) is 6.07 Å². The first kappa shape index (κ1) is 14.5. The van der Waals surface area contributed by atoms with Crippen LogP contribution in [0.1, 0.15) is 11.1 Å². The topological polar surface area (TPSA) is 78.4 Å². The van der Waals surface area contributed by atoms with Gasteiger partial charge in [0.25, 0.3) is 0 Å². The normalized spacial score (nSPS) is 10.3. The summed E-state index contributed by atoms with van der Waals surface area (Å²) >= 11 is 3.35. The van der Waals surface area contributed by atoms with E-state index in [-0.39, 0.29) is 18.0 Å². The van der Waals surface area contributed by atoms with Gasteiger partial charge in [-0.3, -0.25) is 10.1 Å².